The van der Waals surface area contributed by atoms with Gasteiger partial charge in [-0.05, 0) is 42.3 Å². The van der Waals surface area contributed by atoms with Crippen LogP contribution < -0.4 is 0 Å². The van der Waals surface area contributed by atoms with Crippen LogP contribution in [0.25, 0.3) is 23.2 Å². The highest BCUT2D eigenvalue weighted by molar-refractivity contribution is 6.30. The number of aryl methyl sites for hydroxylation is 1. The molecule has 0 saturated carbocycles. The first-order valence-corrected chi connectivity index (χ1v) is 8.04. The number of aromatic nitrogens is 2. The molecule has 3 aromatic rings. The second-order valence-electron chi connectivity index (χ2n) is 5.35. The van der Waals surface area contributed by atoms with Gasteiger partial charge in [0.1, 0.15) is 5.82 Å². The van der Waals surface area contributed by atoms with E-state index in [-0.39, 0.29) is 0 Å². The molecule has 0 aliphatic carbocycles. The van der Waals surface area contributed by atoms with Crippen molar-refractivity contribution in [1.29, 1.82) is 0 Å². The van der Waals surface area contributed by atoms with Crippen molar-refractivity contribution in [2.75, 3.05) is 0 Å². The average Bonchev–Trinajstić information content (AvgIpc) is 2.90. The van der Waals surface area contributed by atoms with Crippen molar-refractivity contribution in [3.63, 3.8) is 0 Å². The topological polar surface area (TPSA) is 17.8 Å². The molecule has 0 radical (unpaired) electrons. The zero-order valence-electron chi connectivity index (χ0n) is 12.7. The normalized spacial score (nSPS) is 11.5. The standard InChI is InChI=1S/C19H19ClN2/c1-2-3-14-22-18-7-5-4-6-17(18)21-19(22)13-10-15-8-11-16(20)12-9-15/h4-13H,2-3,14H2,1H3. The van der Waals surface area contributed by atoms with Gasteiger partial charge >= 0.3 is 0 Å². The molecule has 0 fully saturated rings. The van der Waals surface area contributed by atoms with Crippen molar-refractivity contribution >= 4 is 34.8 Å². The molecule has 0 aliphatic rings. The number of nitrogens with zero attached hydrogens (tertiary/aromatic N) is 2. The van der Waals surface area contributed by atoms with Crippen molar-refractivity contribution in [2.24, 2.45) is 0 Å². The highest BCUT2D eigenvalue weighted by Gasteiger charge is 2.07. The Morgan fingerprint density at radius 3 is 2.59 bits per heavy atom. The number of benzene rings is 2. The first-order chi connectivity index (χ1) is 10.8. The Morgan fingerprint density at radius 2 is 1.82 bits per heavy atom. The van der Waals surface area contributed by atoms with E-state index in [9.17, 15) is 0 Å². The first kappa shape index (κ1) is 14.9. The Morgan fingerprint density at radius 1 is 1.05 bits per heavy atom. The van der Waals surface area contributed by atoms with Gasteiger partial charge in [0.2, 0.25) is 0 Å². The molecule has 0 aliphatic heterocycles. The Hall–Kier alpha value is -2.06. The Kier molecular flexibility index (Phi) is 4.59. The summed E-state index contributed by atoms with van der Waals surface area (Å²) in [5.41, 5.74) is 3.37. The van der Waals surface area contributed by atoms with E-state index in [1.165, 1.54) is 11.9 Å². The molecule has 0 saturated heterocycles. The van der Waals surface area contributed by atoms with E-state index < -0.39 is 0 Å². The number of halogens is 1. The molecule has 0 atom stereocenters. The minimum atomic E-state index is 0.757. The molecular formula is C19H19ClN2. The van der Waals surface area contributed by atoms with Crippen LogP contribution in [0.5, 0.6) is 0 Å². The van der Waals surface area contributed by atoms with Gasteiger partial charge in [0, 0.05) is 11.6 Å². The van der Waals surface area contributed by atoms with Crippen molar-refractivity contribution < 1.29 is 0 Å². The number of hydrogen-bond donors (Lipinski definition) is 0. The van der Waals surface area contributed by atoms with Gasteiger partial charge in [0.05, 0.1) is 11.0 Å². The predicted molar refractivity (Wildman–Crippen MR) is 95.0 cm³/mol. The molecular weight excluding hydrogens is 292 g/mol. The quantitative estimate of drug-likeness (QED) is 0.594. The number of fused-ring (bicyclic) bond motifs is 1. The van der Waals surface area contributed by atoms with Crippen LogP contribution in [0.3, 0.4) is 0 Å². The summed E-state index contributed by atoms with van der Waals surface area (Å²) < 4.78 is 2.30. The maximum atomic E-state index is 5.92. The summed E-state index contributed by atoms with van der Waals surface area (Å²) in [5, 5.41) is 0.757. The number of unbranched alkanes of at least 4 members (excludes halogenated alkanes) is 1. The monoisotopic (exact) mass is 310 g/mol. The molecule has 22 heavy (non-hydrogen) atoms. The van der Waals surface area contributed by atoms with Crippen molar-refractivity contribution in [3.05, 3.63) is 64.9 Å². The van der Waals surface area contributed by atoms with Crippen molar-refractivity contribution in [2.45, 2.75) is 26.3 Å². The Balaban J connectivity index is 1.96. The highest BCUT2D eigenvalue weighted by atomic mass is 35.5. The molecule has 0 amide bonds. The van der Waals surface area contributed by atoms with Crippen LogP contribution in [-0.4, -0.2) is 9.55 Å². The Labute approximate surface area is 136 Å². The molecule has 2 nitrogen and oxygen atoms in total. The molecule has 2 aromatic carbocycles. The van der Waals surface area contributed by atoms with Crippen LogP contribution in [0.2, 0.25) is 5.02 Å². The third-order valence-electron chi connectivity index (χ3n) is 3.71. The number of rotatable bonds is 5. The minimum absolute atomic E-state index is 0.757. The van der Waals surface area contributed by atoms with Crippen LogP contribution in [-0.2, 0) is 6.54 Å². The van der Waals surface area contributed by atoms with Gasteiger partial charge in [-0.3, -0.25) is 0 Å². The minimum Gasteiger partial charge on any atom is -0.324 e. The summed E-state index contributed by atoms with van der Waals surface area (Å²) in [6, 6.07) is 16.1. The van der Waals surface area contributed by atoms with Gasteiger partial charge in [-0.2, -0.15) is 0 Å². The number of para-hydroxylation sites is 2. The average molecular weight is 311 g/mol. The summed E-state index contributed by atoms with van der Waals surface area (Å²) in [7, 11) is 0. The fourth-order valence-electron chi connectivity index (χ4n) is 2.52. The van der Waals surface area contributed by atoms with Gasteiger partial charge in [0.25, 0.3) is 0 Å². The fraction of sp³-hybridized carbons (Fsp3) is 0.211. The lowest BCUT2D eigenvalue weighted by Gasteiger charge is -2.05. The lowest BCUT2D eigenvalue weighted by atomic mass is 10.2. The smallest absolute Gasteiger partial charge is 0.133 e. The SMILES string of the molecule is CCCCn1c(C=Cc2ccc(Cl)cc2)nc2ccccc21. The predicted octanol–water partition coefficient (Wildman–Crippen LogP) is 5.66. The van der Waals surface area contributed by atoms with E-state index in [0.29, 0.717) is 0 Å². The number of hydrogen-bond acceptors (Lipinski definition) is 1. The molecule has 3 heteroatoms. The van der Waals surface area contributed by atoms with Gasteiger partial charge < -0.3 is 4.57 Å². The zero-order valence-corrected chi connectivity index (χ0v) is 13.4. The fourth-order valence-corrected chi connectivity index (χ4v) is 2.64. The van der Waals surface area contributed by atoms with E-state index >= 15 is 0 Å². The van der Waals surface area contributed by atoms with Crippen LogP contribution in [0, 0.1) is 0 Å². The molecule has 1 aromatic heterocycles. The van der Waals surface area contributed by atoms with E-state index in [0.717, 1.165) is 34.9 Å². The molecule has 1 heterocycles. The molecule has 0 unspecified atom stereocenters. The van der Waals surface area contributed by atoms with E-state index in [2.05, 4.69) is 41.8 Å². The van der Waals surface area contributed by atoms with Crippen LogP contribution in [0.4, 0.5) is 0 Å². The molecule has 0 N–H and O–H groups in total. The molecule has 3 rings (SSSR count). The van der Waals surface area contributed by atoms with Crippen LogP contribution in [0.1, 0.15) is 31.2 Å². The van der Waals surface area contributed by atoms with Gasteiger partial charge in [-0.1, -0.05) is 55.3 Å². The summed E-state index contributed by atoms with van der Waals surface area (Å²) in [6.07, 6.45) is 6.49. The first-order valence-electron chi connectivity index (χ1n) is 7.67. The van der Waals surface area contributed by atoms with Gasteiger partial charge in [-0.15, -0.1) is 0 Å². The van der Waals surface area contributed by atoms with E-state index in [1.807, 2.05) is 30.3 Å². The van der Waals surface area contributed by atoms with E-state index in [4.69, 9.17) is 16.6 Å². The number of imidazole rings is 1. The summed E-state index contributed by atoms with van der Waals surface area (Å²) in [6.45, 7) is 3.21. The largest absolute Gasteiger partial charge is 0.324 e. The molecule has 112 valence electrons. The van der Waals surface area contributed by atoms with Crippen LogP contribution >= 0.6 is 11.6 Å². The second kappa shape index (κ2) is 6.80. The third-order valence-corrected chi connectivity index (χ3v) is 3.97. The van der Waals surface area contributed by atoms with E-state index in [1.54, 1.807) is 0 Å². The van der Waals surface area contributed by atoms with Crippen LogP contribution in [0.15, 0.2) is 48.5 Å². The lowest BCUT2D eigenvalue weighted by Crippen LogP contribution is -2.00. The Bertz CT molecular complexity index is 785. The highest BCUT2D eigenvalue weighted by Crippen LogP contribution is 2.19. The summed E-state index contributed by atoms with van der Waals surface area (Å²) >= 11 is 5.92. The molecule has 0 spiro atoms. The van der Waals surface area contributed by atoms with Gasteiger partial charge in [0.15, 0.2) is 0 Å². The molecule has 0 bridgehead atoms. The zero-order chi connectivity index (χ0) is 15.4. The third kappa shape index (κ3) is 3.23. The van der Waals surface area contributed by atoms with Crippen molar-refractivity contribution in [1.82, 2.24) is 9.55 Å². The summed E-state index contributed by atoms with van der Waals surface area (Å²) in [4.78, 5) is 4.75. The second-order valence-corrected chi connectivity index (χ2v) is 5.79. The van der Waals surface area contributed by atoms with Crippen molar-refractivity contribution in [3.8, 4) is 0 Å². The lowest BCUT2D eigenvalue weighted by molar-refractivity contribution is 0.641. The van der Waals surface area contributed by atoms with Gasteiger partial charge in [-0.25, -0.2) is 4.98 Å². The summed E-state index contributed by atoms with van der Waals surface area (Å²) in [5.74, 6) is 1.00. The maximum absolute atomic E-state index is 5.92. The maximum Gasteiger partial charge on any atom is 0.133 e.